The highest BCUT2D eigenvalue weighted by Gasteiger charge is 2.38. The molecule has 1 amide bonds. The number of carboxylic acid groups (broad SMARTS) is 1. The number of carbonyl (C=O) groups excluding carboxylic acids is 1. The Hall–Kier alpha value is -5.21. The van der Waals surface area contributed by atoms with Gasteiger partial charge in [-0.1, -0.05) is 31.2 Å². The van der Waals surface area contributed by atoms with E-state index < -0.39 is 65.5 Å². The van der Waals surface area contributed by atoms with Crippen molar-refractivity contribution < 1.29 is 63.7 Å². The second kappa shape index (κ2) is 14.3. The summed E-state index contributed by atoms with van der Waals surface area (Å²) >= 11 is 0. The first kappa shape index (κ1) is 37.6. The molecule has 0 radical (unpaired) electrons. The van der Waals surface area contributed by atoms with Gasteiger partial charge in [-0.05, 0) is 88.8 Å². The number of rotatable bonds is 9. The summed E-state index contributed by atoms with van der Waals surface area (Å²) in [6.07, 6.45) is -18.1. The van der Waals surface area contributed by atoms with Crippen LogP contribution in [0.3, 0.4) is 0 Å². The van der Waals surface area contributed by atoms with E-state index >= 15 is 0 Å². The molecule has 0 bridgehead atoms. The highest BCUT2D eigenvalue weighted by molar-refractivity contribution is 5.88. The third-order valence-electron chi connectivity index (χ3n) is 7.70. The number of ether oxygens (including phenoxy) is 2. The topological polar surface area (TPSA) is 76.1 Å². The van der Waals surface area contributed by atoms with Gasteiger partial charge in [0.2, 0.25) is 0 Å². The standard InChI is InChI=1S/C35H28F9NO5/c1-4-29(22-13-25(34(39,40)41)17-26(14-22)35(42,43)44)50-32(48)45(2)18-23-15-24(33(36,37)38)10-11-27(23)28-16-21(9-12-30(28)49-3)19-5-7-20(8-6-19)31(46)47/h5-17,29H,4,18H2,1-3H3,(H,46,47)/t29-/m0/s1. The quantitative estimate of drug-likeness (QED) is 0.175. The van der Waals surface area contributed by atoms with Crippen molar-refractivity contribution in [3.05, 3.63) is 112 Å². The molecular formula is C35H28F9NO5. The van der Waals surface area contributed by atoms with E-state index in [1.807, 2.05) is 0 Å². The molecule has 0 fully saturated rings. The van der Waals surface area contributed by atoms with E-state index in [2.05, 4.69) is 0 Å². The van der Waals surface area contributed by atoms with E-state index in [9.17, 15) is 54.2 Å². The van der Waals surface area contributed by atoms with Crippen LogP contribution in [-0.4, -0.2) is 36.2 Å². The molecule has 4 aromatic rings. The highest BCUT2D eigenvalue weighted by atomic mass is 19.4. The molecule has 0 aliphatic rings. The van der Waals surface area contributed by atoms with Crippen LogP contribution in [-0.2, 0) is 29.8 Å². The lowest BCUT2D eigenvalue weighted by Crippen LogP contribution is -2.29. The Morgan fingerprint density at radius 1 is 0.720 bits per heavy atom. The average molecular weight is 714 g/mol. The third-order valence-corrected chi connectivity index (χ3v) is 7.70. The summed E-state index contributed by atoms with van der Waals surface area (Å²) in [6, 6.07) is 14.2. The maximum Gasteiger partial charge on any atom is 0.416 e. The van der Waals surface area contributed by atoms with Crippen LogP contribution in [0.1, 0.15) is 57.6 Å². The van der Waals surface area contributed by atoms with Crippen LogP contribution in [0.2, 0.25) is 0 Å². The number of aromatic carboxylic acids is 1. The molecule has 0 aliphatic heterocycles. The zero-order valence-corrected chi connectivity index (χ0v) is 26.4. The molecule has 0 heterocycles. The lowest BCUT2D eigenvalue weighted by atomic mass is 9.93. The second-order valence-corrected chi connectivity index (χ2v) is 11.1. The smallest absolute Gasteiger partial charge is 0.416 e. The minimum atomic E-state index is -5.14. The number of carboxylic acids is 1. The van der Waals surface area contributed by atoms with Crippen LogP contribution in [0.25, 0.3) is 22.3 Å². The molecule has 0 aliphatic carbocycles. The average Bonchev–Trinajstić information content (AvgIpc) is 3.05. The lowest BCUT2D eigenvalue weighted by Gasteiger charge is -2.25. The van der Waals surface area contributed by atoms with Gasteiger partial charge in [-0.3, -0.25) is 0 Å². The van der Waals surface area contributed by atoms with Gasteiger partial charge in [0.15, 0.2) is 0 Å². The van der Waals surface area contributed by atoms with Crippen LogP contribution >= 0.6 is 0 Å². The van der Waals surface area contributed by atoms with Crippen molar-refractivity contribution >= 4 is 12.1 Å². The van der Waals surface area contributed by atoms with Crippen LogP contribution in [0, 0.1) is 0 Å². The number of halogens is 9. The van der Waals surface area contributed by atoms with Gasteiger partial charge in [0.1, 0.15) is 11.9 Å². The van der Waals surface area contributed by atoms with E-state index in [-0.39, 0.29) is 34.9 Å². The van der Waals surface area contributed by atoms with Gasteiger partial charge in [-0.2, -0.15) is 39.5 Å². The van der Waals surface area contributed by atoms with Crippen LogP contribution in [0.15, 0.2) is 78.9 Å². The molecule has 0 spiro atoms. The van der Waals surface area contributed by atoms with Crippen LogP contribution in [0.5, 0.6) is 5.75 Å². The maximum atomic E-state index is 13.8. The van der Waals surface area contributed by atoms with E-state index in [0.29, 0.717) is 28.8 Å². The number of carbonyl (C=O) groups is 2. The molecule has 1 atom stereocenters. The molecule has 0 unspecified atom stereocenters. The zero-order valence-electron chi connectivity index (χ0n) is 26.4. The SMILES string of the molecule is CC[C@H](OC(=O)N(C)Cc1cc(C(F)(F)F)ccc1-c1cc(-c2ccc(C(=O)O)cc2)ccc1OC)c1cc(C(F)(F)F)cc(C(F)(F)F)c1. The fourth-order valence-electron chi connectivity index (χ4n) is 5.15. The first-order chi connectivity index (χ1) is 23.2. The van der Waals surface area contributed by atoms with Crippen molar-refractivity contribution in [2.24, 2.45) is 0 Å². The molecule has 0 saturated carbocycles. The van der Waals surface area contributed by atoms with E-state index in [1.165, 1.54) is 32.2 Å². The van der Waals surface area contributed by atoms with E-state index in [4.69, 9.17) is 9.47 Å². The van der Waals surface area contributed by atoms with Crippen molar-refractivity contribution in [3.8, 4) is 28.0 Å². The van der Waals surface area contributed by atoms with Gasteiger partial charge in [0, 0.05) is 19.2 Å². The zero-order chi connectivity index (χ0) is 37.2. The number of benzene rings is 4. The first-order valence-corrected chi connectivity index (χ1v) is 14.7. The summed E-state index contributed by atoms with van der Waals surface area (Å²) < 4.78 is 133. The minimum absolute atomic E-state index is 0.0293. The monoisotopic (exact) mass is 713 g/mol. The number of alkyl halides is 9. The maximum absolute atomic E-state index is 13.8. The summed E-state index contributed by atoms with van der Waals surface area (Å²) in [7, 11) is 2.47. The normalized spacial score (nSPS) is 12.7. The Balaban J connectivity index is 1.72. The minimum Gasteiger partial charge on any atom is -0.496 e. The lowest BCUT2D eigenvalue weighted by molar-refractivity contribution is -0.143. The van der Waals surface area contributed by atoms with Gasteiger partial charge in [0.25, 0.3) is 0 Å². The van der Waals surface area contributed by atoms with Gasteiger partial charge >= 0.3 is 30.6 Å². The van der Waals surface area contributed by atoms with Gasteiger partial charge in [-0.25, -0.2) is 9.59 Å². The molecule has 4 rings (SSSR count). The van der Waals surface area contributed by atoms with Crippen molar-refractivity contribution in [1.29, 1.82) is 0 Å². The molecule has 4 aromatic carbocycles. The fraction of sp³-hybridized carbons (Fsp3) is 0.257. The third kappa shape index (κ3) is 8.68. The summed E-state index contributed by atoms with van der Waals surface area (Å²) in [6.45, 7) is 0.830. The van der Waals surface area contributed by atoms with Crippen molar-refractivity contribution in [2.75, 3.05) is 14.2 Å². The number of nitrogens with zero attached hydrogens (tertiary/aromatic N) is 1. The van der Waals surface area contributed by atoms with Crippen molar-refractivity contribution in [3.63, 3.8) is 0 Å². The molecule has 0 saturated heterocycles. The van der Waals surface area contributed by atoms with Gasteiger partial charge < -0.3 is 19.5 Å². The largest absolute Gasteiger partial charge is 0.496 e. The van der Waals surface area contributed by atoms with Crippen LogP contribution in [0.4, 0.5) is 44.3 Å². The van der Waals surface area contributed by atoms with Gasteiger partial charge in [-0.15, -0.1) is 0 Å². The Bertz CT molecular complexity index is 1830. The Morgan fingerprint density at radius 3 is 1.78 bits per heavy atom. The van der Waals surface area contributed by atoms with Crippen LogP contribution < -0.4 is 4.74 Å². The van der Waals surface area contributed by atoms with Gasteiger partial charge in [0.05, 0.1) is 29.4 Å². The molecule has 266 valence electrons. The Morgan fingerprint density at radius 2 is 1.28 bits per heavy atom. The number of methoxy groups -OCH3 is 1. The number of hydrogen-bond donors (Lipinski definition) is 1. The highest BCUT2D eigenvalue weighted by Crippen LogP contribution is 2.41. The van der Waals surface area contributed by atoms with Crippen molar-refractivity contribution in [2.45, 2.75) is 44.5 Å². The van der Waals surface area contributed by atoms with E-state index in [1.54, 1.807) is 30.3 Å². The molecule has 0 aromatic heterocycles. The number of amides is 1. The molecular weight excluding hydrogens is 685 g/mol. The summed E-state index contributed by atoms with van der Waals surface area (Å²) in [5.41, 5.74) is -3.26. The predicted molar refractivity (Wildman–Crippen MR) is 163 cm³/mol. The van der Waals surface area contributed by atoms with E-state index in [0.717, 1.165) is 24.1 Å². The molecule has 1 N–H and O–H groups in total. The predicted octanol–water partition coefficient (Wildman–Crippen LogP) is 10.5. The summed E-state index contributed by atoms with van der Waals surface area (Å²) in [5, 5.41) is 9.21. The summed E-state index contributed by atoms with van der Waals surface area (Å²) in [4.78, 5) is 25.3. The Kier molecular flexibility index (Phi) is 10.8. The molecule has 50 heavy (non-hydrogen) atoms. The summed E-state index contributed by atoms with van der Waals surface area (Å²) in [5.74, 6) is -0.909. The molecule has 6 nitrogen and oxygen atoms in total. The van der Waals surface area contributed by atoms with Crippen molar-refractivity contribution in [1.82, 2.24) is 4.90 Å². The fourth-order valence-corrected chi connectivity index (χ4v) is 5.15. The number of hydrogen-bond acceptors (Lipinski definition) is 4. The second-order valence-electron chi connectivity index (χ2n) is 11.1. The first-order valence-electron chi connectivity index (χ1n) is 14.7. The molecule has 15 heteroatoms. The Labute approximate surface area is 279 Å².